The molecule has 0 bridgehead atoms. The van der Waals surface area contributed by atoms with E-state index in [0.29, 0.717) is 12.5 Å². The quantitative estimate of drug-likeness (QED) is 0.746. The van der Waals surface area contributed by atoms with Gasteiger partial charge < -0.3 is 10.1 Å². The number of nitrogens with zero attached hydrogens (tertiary/aromatic N) is 1. The zero-order chi connectivity index (χ0) is 14.0. The van der Waals surface area contributed by atoms with Gasteiger partial charge in [-0.15, -0.1) is 0 Å². The first kappa shape index (κ1) is 14.6. The third-order valence-corrected chi connectivity index (χ3v) is 3.92. The molecule has 2 aliphatic rings. The molecule has 2 fully saturated rings. The molecule has 0 aromatic heterocycles. The fourth-order valence-electron chi connectivity index (χ4n) is 3.00. The van der Waals surface area contributed by atoms with Crippen molar-refractivity contribution in [2.75, 3.05) is 19.6 Å². The van der Waals surface area contributed by atoms with Crippen molar-refractivity contribution in [3.8, 4) is 0 Å². The lowest BCUT2D eigenvalue weighted by molar-refractivity contribution is -0.0445. The number of carbonyl (C=O) groups excluding carboxylic acids is 1. The van der Waals surface area contributed by atoms with Crippen LogP contribution < -0.4 is 5.32 Å². The van der Waals surface area contributed by atoms with E-state index in [9.17, 15) is 9.18 Å². The molecule has 3 unspecified atom stereocenters. The number of nitrogens with one attached hydrogen (secondary N) is 1. The van der Waals surface area contributed by atoms with E-state index in [2.05, 4.69) is 5.32 Å². The van der Waals surface area contributed by atoms with Crippen LogP contribution in [0.4, 0.5) is 9.18 Å². The van der Waals surface area contributed by atoms with Gasteiger partial charge in [-0.3, -0.25) is 4.90 Å². The van der Waals surface area contributed by atoms with E-state index in [1.54, 1.807) is 20.8 Å². The Morgan fingerprint density at radius 3 is 2.68 bits per heavy atom. The number of hydrogen-bond donors (Lipinski definition) is 1. The molecule has 2 rings (SSSR count). The highest BCUT2D eigenvalue weighted by molar-refractivity contribution is 5.68. The normalized spacial score (nSPS) is 32.4. The number of hydrogen-bond acceptors (Lipinski definition) is 3. The lowest BCUT2D eigenvalue weighted by atomic mass is 9.84. The Labute approximate surface area is 114 Å². The van der Waals surface area contributed by atoms with Gasteiger partial charge in [0.15, 0.2) is 6.30 Å². The van der Waals surface area contributed by atoms with Crippen LogP contribution in [-0.4, -0.2) is 42.5 Å². The van der Waals surface area contributed by atoms with Gasteiger partial charge >= 0.3 is 6.09 Å². The first-order valence-corrected chi connectivity index (χ1v) is 7.23. The van der Waals surface area contributed by atoms with Crippen molar-refractivity contribution in [3.63, 3.8) is 0 Å². The molecule has 0 saturated carbocycles. The van der Waals surface area contributed by atoms with E-state index in [4.69, 9.17) is 4.74 Å². The van der Waals surface area contributed by atoms with Gasteiger partial charge in [-0.2, -0.15) is 0 Å². The van der Waals surface area contributed by atoms with Crippen molar-refractivity contribution >= 4 is 6.09 Å². The number of likely N-dealkylation sites (tertiary alicyclic amines) is 1. The number of ether oxygens (including phenoxy) is 1. The van der Waals surface area contributed by atoms with Gasteiger partial charge in [0, 0.05) is 12.5 Å². The molecule has 110 valence electrons. The average Bonchev–Trinajstić information content (AvgIpc) is 2.80. The Morgan fingerprint density at radius 2 is 2.11 bits per heavy atom. The number of carbonyl (C=O) groups is 1. The maximum absolute atomic E-state index is 14.6. The van der Waals surface area contributed by atoms with E-state index in [0.717, 1.165) is 32.4 Å². The molecule has 2 heterocycles. The Bertz CT molecular complexity index is 324. The zero-order valence-corrected chi connectivity index (χ0v) is 12.1. The molecule has 2 saturated heterocycles. The zero-order valence-electron chi connectivity index (χ0n) is 12.1. The van der Waals surface area contributed by atoms with Gasteiger partial charge in [0.1, 0.15) is 5.60 Å². The average molecular weight is 272 g/mol. The summed E-state index contributed by atoms with van der Waals surface area (Å²) in [6, 6.07) is 0. The summed E-state index contributed by atoms with van der Waals surface area (Å²) in [5, 5.41) is 3.27. The molecule has 0 aliphatic carbocycles. The molecule has 0 aromatic carbocycles. The number of piperidine rings is 1. The molecule has 0 spiro atoms. The van der Waals surface area contributed by atoms with Crippen molar-refractivity contribution in [3.05, 3.63) is 0 Å². The third kappa shape index (κ3) is 3.59. The van der Waals surface area contributed by atoms with Crippen molar-refractivity contribution in [1.29, 1.82) is 0 Å². The first-order valence-electron chi connectivity index (χ1n) is 7.23. The molecule has 5 heteroatoms. The van der Waals surface area contributed by atoms with Gasteiger partial charge in [0.25, 0.3) is 0 Å². The highest BCUT2D eigenvalue weighted by Crippen LogP contribution is 2.34. The Kier molecular flexibility index (Phi) is 4.33. The minimum Gasteiger partial charge on any atom is -0.444 e. The molecule has 4 nitrogen and oxygen atoms in total. The second-order valence-electron chi connectivity index (χ2n) is 6.61. The van der Waals surface area contributed by atoms with E-state index in [1.165, 1.54) is 4.90 Å². The lowest BCUT2D eigenvalue weighted by Crippen LogP contribution is -2.50. The predicted octanol–water partition coefficient (Wildman–Crippen LogP) is 2.54. The van der Waals surface area contributed by atoms with Crippen LogP contribution in [0.5, 0.6) is 0 Å². The SMILES string of the molecule is CC(C)(C)OC(=O)N1CCCC(C2CCNC2)C1F. The highest BCUT2D eigenvalue weighted by atomic mass is 19.1. The third-order valence-electron chi connectivity index (χ3n) is 3.92. The summed E-state index contributed by atoms with van der Waals surface area (Å²) in [4.78, 5) is 13.3. The first-order chi connectivity index (χ1) is 8.88. The summed E-state index contributed by atoms with van der Waals surface area (Å²) in [6.07, 6.45) is 1.02. The number of rotatable bonds is 1. The van der Waals surface area contributed by atoms with Gasteiger partial charge in [-0.05, 0) is 59.0 Å². The van der Waals surface area contributed by atoms with Crippen molar-refractivity contribution in [2.24, 2.45) is 11.8 Å². The lowest BCUT2D eigenvalue weighted by Gasteiger charge is -2.39. The molecule has 0 radical (unpaired) electrons. The summed E-state index contributed by atoms with van der Waals surface area (Å²) < 4.78 is 19.9. The van der Waals surface area contributed by atoms with Crippen LogP contribution in [0.3, 0.4) is 0 Å². The Hall–Kier alpha value is -0.840. The van der Waals surface area contributed by atoms with Crippen LogP contribution in [0.25, 0.3) is 0 Å². The van der Waals surface area contributed by atoms with Crippen LogP contribution in [0.15, 0.2) is 0 Å². The second kappa shape index (κ2) is 5.65. The number of alkyl halides is 1. The van der Waals surface area contributed by atoms with Gasteiger partial charge in [0.05, 0.1) is 0 Å². The molecular weight excluding hydrogens is 247 g/mol. The van der Waals surface area contributed by atoms with Gasteiger partial charge in [-0.25, -0.2) is 9.18 Å². The summed E-state index contributed by atoms with van der Waals surface area (Å²) in [7, 11) is 0. The second-order valence-corrected chi connectivity index (χ2v) is 6.61. The molecule has 19 heavy (non-hydrogen) atoms. The smallest absolute Gasteiger partial charge is 0.412 e. The van der Waals surface area contributed by atoms with E-state index < -0.39 is 18.0 Å². The van der Waals surface area contributed by atoms with Crippen molar-refractivity contribution in [2.45, 2.75) is 51.9 Å². The molecular formula is C14H25FN2O2. The van der Waals surface area contributed by atoms with Crippen LogP contribution in [-0.2, 0) is 4.74 Å². The van der Waals surface area contributed by atoms with E-state index in [1.807, 2.05) is 0 Å². The summed E-state index contributed by atoms with van der Waals surface area (Å²) in [5.41, 5.74) is -0.571. The van der Waals surface area contributed by atoms with Crippen LogP contribution >= 0.6 is 0 Å². The summed E-state index contributed by atoms with van der Waals surface area (Å²) in [5.74, 6) is 0.302. The topological polar surface area (TPSA) is 41.6 Å². The highest BCUT2D eigenvalue weighted by Gasteiger charge is 2.40. The van der Waals surface area contributed by atoms with Crippen molar-refractivity contribution in [1.82, 2.24) is 10.2 Å². The van der Waals surface area contributed by atoms with Crippen LogP contribution in [0.2, 0.25) is 0 Å². The van der Waals surface area contributed by atoms with Gasteiger partial charge in [0.2, 0.25) is 0 Å². The van der Waals surface area contributed by atoms with Gasteiger partial charge in [-0.1, -0.05) is 0 Å². The summed E-state index contributed by atoms with van der Waals surface area (Å²) in [6.45, 7) is 7.71. The molecule has 2 aliphatic heterocycles. The maximum Gasteiger partial charge on any atom is 0.412 e. The maximum atomic E-state index is 14.6. The largest absolute Gasteiger partial charge is 0.444 e. The fraction of sp³-hybridized carbons (Fsp3) is 0.929. The number of amides is 1. The van der Waals surface area contributed by atoms with E-state index >= 15 is 0 Å². The molecule has 0 aromatic rings. The minimum atomic E-state index is -1.20. The van der Waals surface area contributed by atoms with Crippen molar-refractivity contribution < 1.29 is 13.9 Å². The predicted molar refractivity (Wildman–Crippen MR) is 71.5 cm³/mol. The molecule has 1 amide bonds. The van der Waals surface area contributed by atoms with Crippen LogP contribution in [0, 0.1) is 11.8 Å². The molecule has 1 N–H and O–H groups in total. The standard InChI is InChI=1S/C14H25FN2O2/c1-14(2,3)19-13(18)17-8-4-5-11(12(17)15)10-6-7-16-9-10/h10-12,16H,4-9H2,1-3H3. The minimum absolute atomic E-state index is 0.0451. The Balaban J connectivity index is 1.99. The Morgan fingerprint density at radius 1 is 1.37 bits per heavy atom. The molecule has 3 atom stereocenters. The van der Waals surface area contributed by atoms with E-state index in [-0.39, 0.29) is 5.92 Å². The monoisotopic (exact) mass is 272 g/mol. The summed E-state index contributed by atoms with van der Waals surface area (Å²) >= 11 is 0. The van der Waals surface area contributed by atoms with Crippen LogP contribution in [0.1, 0.15) is 40.0 Å². The number of halogens is 1. The fourth-order valence-corrected chi connectivity index (χ4v) is 3.00.